The van der Waals surface area contributed by atoms with Gasteiger partial charge < -0.3 is 4.74 Å². The first-order valence-electron chi connectivity index (χ1n) is 7.54. The molecular formula is C19H14N2O4. The van der Waals surface area contributed by atoms with Crippen LogP contribution >= 0.6 is 0 Å². The molecule has 3 rings (SSSR count). The van der Waals surface area contributed by atoms with Crippen LogP contribution in [0, 0.1) is 10.1 Å². The molecule has 2 aromatic rings. The Morgan fingerprint density at radius 3 is 2.52 bits per heavy atom. The van der Waals surface area contributed by atoms with Crippen LogP contribution in [0.2, 0.25) is 0 Å². The highest BCUT2D eigenvalue weighted by atomic mass is 16.6. The van der Waals surface area contributed by atoms with Gasteiger partial charge in [-0.3, -0.25) is 10.1 Å². The Balaban J connectivity index is 1.93. The van der Waals surface area contributed by atoms with Gasteiger partial charge in [0.15, 0.2) is 5.70 Å². The average molecular weight is 334 g/mol. The Labute approximate surface area is 143 Å². The number of benzene rings is 2. The second-order valence-corrected chi connectivity index (χ2v) is 5.41. The molecule has 6 heteroatoms. The number of para-hydroxylation sites is 1. The van der Waals surface area contributed by atoms with Gasteiger partial charge >= 0.3 is 5.97 Å². The van der Waals surface area contributed by atoms with E-state index >= 15 is 0 Å². The van der Waals surface area contributed by atoms with Crippen LogP contribution < -0.4 is 0 Å². The summed E-state index contributed by atoms with van der Waals surface area (Å²) < 4.78 is 5.11. The summed E-state index contributed by atoms with van der Waals surface area (Å²) in [5.41, 5.74) is 1.93. The first-order chi connectivity index (χ1) is 12.0. The predicted octanol–water partition coefficient (Wildman–Crippen LogP) is 3.89. The first-order valence-corrected chi connectivity index (χ1v) is 7.54. The van der Waals surface area contributed by atoms with Crippen LogP contribution in [0.5, 0.6) is 0 Å². The van der Waals surface area contributed by atoms with Gasteiger partial charge in [-0.05, 0) is 30.2 Å². The third kappa shape index (κ3) is 3.69. The standard InChI is InChI=1S/C19H14N2O4/c1-13(11-14-7-3-2-4-8-14)12-16-19(22)25-18(20-16)15-9-5-6-10-17(15)21(23)24/h2-12H,1H3/b13-11+,16-12-. The maximum Gasteiger partial charge on any atom is 0.363 e. The first kappa shape index (κ1) is 16.3. The highest BCUT2D eigenvalue weighted by molar-refractivity contribution is 6.12. The normalized spacial score (nSPS) is 15.9. The van der Waals surface area contributed by atoms with Gasteiger partial charge in [0.25, 0.3) is 5.69 Å². The predicted molar refractivity (Wildman–Crippen MR) is 93.9 cm³/mol. The lowest BCUT2D eigenvalue weighted by molar-refractivity contribution is -0.385. The second-order valence-electron chi connectivity index (χ2n) is 5.41. The molecular weight excluding hydrogens is 320 g/mol. The van der Waals surface area contributed by atoms with Crippen LogP contribution in [0.15, 0.2) is 76.9 Å². The number of carbonyl (C=O) groups is 1. The number of carbonyl (C=O) groups excluding carboxylic acids is 1. The lowest BCUT2D eigenvalue weighted by Gasteiger charge is -2.00. The fourth-order valence-electron chi connectivity index (χ4n) is 2.41. The van der Waals surface area contributed by atoms with E-state index in [1.807, 2.05) is 43.3 Å². The van der Waals surface area contributed by atoms with E-state index in [1.165, 1.54) is 12.1 Å². The van der Waals surface area contributed by atoms with Gasteiger partial charge in [-0.15, -0.1) is 0 Å². The molecule has 1 aliphatic rings. The molecule has 0 fully saturated rings. The van der Waals surface area contributed by atoms with Gasteiger partial charge in [0.1, 0.15) is 5.56 Å². The molecule has 6 nitrogen and oxygen atoms in total. The van der Waals surface area contributed by atoms with Crippen molar-refractivity contribution in [1.82, 2.24) is 0 Å². The van der Waals surface area contributed by atoms with E-state index in [0.717, 1.165) is 11.1 Å². The molecule has 2 aromatic carbocycles. The number of nitro groups is 1. The second kappa shape index (κ2) is 6.92. The summed E-state index contributed by atoms with van der Waals surface area (Å²) in [5, 5.41) is 11.1. The number of esters is 1. The Morgan fingerprint density at radius 2 is 1.80 bits per heavy atom. The van der Waals surface area contributed by atoms with Crippen LogP contribution in [0.4, 0.5) is 5.69 Å². The van der Waals surface area contributed by atoms with E-state index in [2.05, 4.69) is 4.99 Å². The summed E-state index contributed by atoms with van der Waals surface area (Å²) >= 11 is 0. The zero-order valence-electron chi connectivity index (χ0n) is 13.4. The summed E-state index contributed by atoms with van der Waals surface area (Å²) in [6.45, 7) is 1.84. The van der Waals surface area contributed by atoms with Crippen molar-refractivity contribution in [3.05, 3.63) is 93.2 Å². The van der Waals surface area contributed by atoms with Crippen molar-refractivity contribution in [2.45, 2.75) is 6.92 Å². The lowest BCUT2D eigenvalue weighted by Crippen LogP contribution is -2.07. The van der Waals surface area contributed by atoms with Crippen molar-refractivity contribution in [3.8, 4) is 0 Å². The molecule has 0 aromatic heterocycles. The van der Waals surface area contributed by atoms with Crippen LogP contribution in [-0.2, 0) is 9.53 Å². The smallest absolute Gasteiger partial charge is 0.363 e. The van der Waals surface area contributed by atoms with Crippen LogP contribution in [0.3, 0.4) is 0 Å². The number of hydrogen-bond donors (Lipinski definition) is 0. The van der Waals surface area contributed by atoms with E-state index in [-0.39, 0.29) is 22.8 Å². The highest BCUT2D eigenvalue weighted by Crippen LogP contribution is 2.24. The maximum atomic E-state index is 12.0. The number of cyclic esters (lactones) is 1. The molecule has 0 amide bonds. The number of ether oxygens (including phenoxy) is 1. The largest absolute Gasteiger partial charge is 0.402 e. The number of aliphatic imine (C=N–C) groups is 1. The molecule has 0 bridgehead atoms. The van der Waals surface area contributed by atoms with Crippen LogP contribution in [-0.4, -0.2) is 16.8 Å². The van der Waals surface area contributed by atoms with Gasteiger partial charge in [-0.1, -0.05) is 48.5 Å². The Bertz CT molecular complexity index is 927. The average Bonchev–Trinajstić information content (AvgIpc) is 2.96. The number of nitrogens with zero attached hydrogens (tertiary/aromatic N) is 2. The summed E-state index contributed by atoms with van der Waals surface area (Å²) in [6, 6.07) is 15.6. The number of allylic oxidation sites excluding steroid dienone is 2. The van der Waals surface area contributed by atoms with Gasteiger partial charge in [0.2, 0.25) is 5.90 Å². The molecule has 1 heterocycles. The Hall–Kier alpha value is -3.54. The minimum atomic E-state index is -0.631. The SMILES string of the molecule is CC(/C=C1\N=C(c2ccccc2[N+](=O)[O-])OC1=O)=C\c1ccccc1. The molecule has 0 saturated heterocycles. The van der Waals surface area contributed by atoms with Crippen molar-refractivity contribution in [2.24, 2.45) is 4.99 Å². The maximum absolute atomic E-state index is 12.0. The van der Waals surface area contributed by atoms with E-state index < -0.39 is 10.9 Å². The fourth-order valence-corrected chi connectivity index (χ4v) is 2.41. The molecule has 0 spiro atoms. The van der Waals surface area contributed by atoms with Crippen molar-refractivity contribution in [1.29, 1.82) is 0 Å². The zero-order chi connectivity index (χ0) is 17.8. The Kier molecular flexibility index (Phi) is 4.52. The molecule has 0 saturated carbocycles. The molecule has 124 valence electrons. The minimum absolute atomic E-state index is 0.0592. The van der Waals surface area contributed by atoms with Crippen molar-refractivity contribution in [3.63, 3.8) is 0 Å². The summed E-state index contributed by atoms with van der Waals surface area (Å²) in [5.74, 6) is -0.690. The van der Waals surface area contributed by atoms with E-state index in [4.69, 9.17) is 4.74 Å². The molecule has 25 heavy (non-hydrogen) atoms. The molecule has 0 radical (unpaired) electrons. The van der Waals surface area contributed by atoms with E-state index in [9.17, 15) is 14.9 Å². The number of hydrogen-bond acceptors (Lipinski definition) is 5. The topological polar surface area (TPSA) is 81.8 Å². The van der Waals surface area contributed by atoms with Crippen molar-refractivity contribution in [2.75, 3.05) is 0 Å². The van der Waals surface area contributed by atoms with Gasteiger partial charge in [0.05, 0.1) is 4.92 Å². The van der Waals surface area contributed by atoms with Gasteiger partial charge in [-0.25, -0.2) is 9.79 Å². The highest BCUT2D eigenvalue weighted by Gasteiger charge is 2.28. The summed E-state index contributed by atoms with van der Waals surface area (Å²) in [7, 11) is 0. The van der Waals surface area contributed by atoms with Crippen LogP contribution in [0.25, 0.3) is 6.08 Å². The minimum Gasteiger partial charge on any atom is -0.402 e. The van der Waals surface area contributed by atoms with E-state index in [1.54, 1.807) is 18.2 Å². The zero-order valence-corrected chi connectivity index (χ0v) is 13.4. The summed E-state index contributed by atoms with van der Waals surface area (Å²) in [6.07, 6.45) is 3.50. The lowest BCUT2D eigenvalue weighted by atomic mass is 10.1. The number of rotatable bonds is 4. The summed E-state index contributed by atoms with van der Waals surface area (Å²) in [4.78, 5) is 26.7. The quantitative estimate of drug-likeness (QED) is 0.368. The molecule has 0 N–H and O–H groups in total. The van der Waals surface area contributed by atoms with E-state index in [0.29, 0.717) is 0 Å². The Morgan fingerprint density at radius 1 is 1.12 bits per heavy atom. The fraction of sp³-hybridized carbons (Fsp3) is 0.0526. The van der Waals surface area contributed by atoms with Crippen molar-refractivity contribution < 1.29 is 14.5 Å². The van der Waals surface area contributed by atoms with Crippen molar-refractivity contribution >= 4 is 23.6 Å². The van der Waals surface area contributed by atoms with Gasteiger partial charge in [-0.2, -0.15) is 0 Å². The molecule has 0 atom stereocenters. The van der Waals surface area contributed by atoms with Crippen LogP contribution in [0.1, 0.15) is 18.1 Å². The molecule has 0 unspecified atom stereocenters. The molecule has 1 aliphatic heterocycles. The number of nitro benzene ring substituents is 1. The third-order valence-corrected chi connectivity index (χ3v) is 3.51. The third-order valence-electron chi connectivity index (χ3n) is 3.51. The van der Waals surface area contributed by atoms with Gasteiger partial charge in [0, 0.05) is 6.07 Å². The monoisotopic (exact) mass is 334 g/mol. The molecule has 0 aliphatic carbocycles.